The Morgan fingerprint density at radius 1 is 1.28 bits per heavy atom. The molecule has 0 aliphatic heterocycles. The predicted molar refractivity (Wildman–Crippen MR) is 69.2 cm³/mol. The fraction of sp³-hybridized carbons (Fsp3) is 0.600. The van der Waals surface area contributed by atoms with E-state index in [1.54, 1.807) is 0 Å². The molecule has 1 N–H and O–H groups in total. The Kier molecular flexibility index (Phi) is 4.33. The summed E-state index contributed by atoms with van der Waals surface area (Å²) in [5.41, 5.74) is 0.546. The van der Waals surface area contributed by atoms with Crippen molar-refractivity contribution < 1.29 is 8.78 Å². The van der Waals surface area contributed by atoms with E-state index in [4.69, 9.17) is 0 Å². The molecule has 1 nitrogen and oxygen atoms in total. The summed E-state index contributed by atoms with van der Waals surface area (Å²) in [7, 11) is 0. The van der Waals surface area contributed by atoms with Crippen LogP contribution < -0.4 is 5.32 Å². The highest BCUT2D eigenvalue weighted by Gasteiger charge is 2.26. The third-order valence-corrected chi connectivity index (χ3v) is 4.01. The zero-order chi connectivity index (χ0) is 13.1. The van der Waals surface area contributed by atoms with Crippen LogP contribution in [0, 0.1) is 23.5 Å². The summed E-state index contributed by atoms with van der Waals surface area (Å²) in [4.78, 5) is 0. The molecule has 0 saturated heterocycles. The third kappa shape index (κ3) is 3.29. The molecule has 0 radical (unpaired) electrons. The second-order valence-electron chi connectivity index (χ2n) is 5.63. The molecule has 1 unspecified atom stereocenters. The summed E-state index contributed by atoms with van der Waals surface area (Å²) in [5.74, 6) is 0.526. The van der Waals surface area contributed by atoms with Gasteiger partial charge in [0.15, 0.2) is 0 Å². The minimum Gasteiger partial charge on any atom is -0.310 e. The molecule has 100 valence electrons. The van der Waals surface area contributed by atoms with Gasteiger partial charge in [-0.3, -0.25) is 0 Å². The maximum atomic E-state index is 13.4. The molecule has 0 heterocycles. The molecule has 0 amide bonds. The van der Waals surface area contributed by atoms with Crippen LogP contribution >= 0.6 is 0 Å². The van der Waals surface area contributed by atoms with Gasteiger partial charge in [-0.1, -0.05) is 19.9 Å². The van der Waals surface area contributed by atoms with Gasteiger partial charge in [-0.2, -0.15) is 0 Å². The van der Waals surface area contributed by atoms with E-state index in [1.165, 1.54) is 25.0 Å². The predicted octanol–water partition coefficient (Wildman–Crippen LogP) is 3.88. The van der Waals surface area contributed by atoms with Crippen molar-refractivity contribution in [1.82, 2.24) is 5.32 Å². The minimum absolute atomic E-state index is 0.457. The first-order valence-electron chi connectivity index (χ1n) is 6.73. The van der Waals surface area contributed by atoms with E-state index < -0.39 is 11.6 Å². The fourth-order valence-electron chi connectivity index (χ4n) is 2.73. The van der Waals surface area contributed by atoms with Crippen molar-refractivity contribution in [1.29, 1.82) is 0 Å². The summed E-state index contributed by atoms with van der Waals surface area (Å²) in [6.45, 7) is 5.00. The van der Waals surface area contributed by atoms with E-state index in [0.717, 1.165) is 24.3 Å². The second kappa shape index (κ2) is 5.79. The average molecular weight is 253 g/mol. The average Bonchev–Trinajstić information content (AvgIpc) is 2.76. The van der Waals surface area contributed by atoms with Crippen molar-refractivity contribution in [2.75, 3.05) is 0 Å². The lowest BCUT2D eigenvalue weighted by Crippen LogP contribution is -2.26. The number of hydrogen-bond acceptors (Lipinski definition) is 1. The first-order chi connectivity index (χ1) is 8.56. The Morgan fingerprint density at radius 3 is 2.67 bits per heavy atom. The first kappa shape index (κ1) is 13.5. The van der Waals surface area contributed by atoms with Gasteiger partial charge >= 0.3 is 0 Å². The highest BCUT2D eigenvalue weighted by Crippen LogP contribution is 2.31. The fourth-order valence-corrected chi connectivity index (χ4v) is 2.73. The topological polar surface area (TPSA) is 12.0 Å². The molecule has 0 bridgehead atoms. The molecule has 3 heteroatoms. The number of hydrogen-bond donors (Lipinski definition) is 1. The van der Waals surface area contributed by atoms with Crippen molar-refractivity contribution >= 4 is 0 Å². The second-order valence-corrected chi connectivity index (χ2v) is 5.63. The molecule has 0 aromatic heterocycles. The largest absolute Gasteiger partial charge is 0.310 e. The van der Waals surface area contributed by atoms with E-state index in [-0.39, 0.29) is 0 Å². The van der Waals surface area contributed by atoms with Crippen LogP contribution in [0.4, 0.5) is 8.78 Å². The SMILES string of the molecule is CC(C)[C@@H]1CCC(NCc2ccc(F)cc2F)C1. The minimum atomic E-state index is -0.517. The lowest BCUT2D eigenvalue weighted by molar-refractivity contribution is 0.380. The van der Waals surface area contributed by atoms with E-state index in [1.807, 2.05) is 0 Å². The molecular formula is C15H21F2N. The summed E-state index contributed by atoms with van der Waals surface area (Å²) < 4.78 is 26.2. The normalized spacial score (nSPS) is 23.8. The molecule has 0 spiro atoms. The molecule has 1 aliphatic carbocycles. The summed E-state index contributed by atoms with van der Waals surface area (Å²) in [6, 6.07) is 4.25. The Hall–Kier alpha value is -0.960. The van der Waals surface area contributed by atoms with E-state index in [0.29, 0.717) is 18.2 Å². The summed E-state index contributed by atoms with van der Waals surface area (Å²) in [6.07, 6.45) is 3.58. The molecular weight excluding hydrogens is 232 g/mol. The molecule has 18 heavy (non-hydrogen) atoms. The van der Waals surface area contributed by atoms with E-state index >= 15 is 0 Å². The van der Waals surface area contributed by atoms with Crippen molar-refractivity contribution in [3.05, 3.63) is 35.4 Å². The number of rotatable bonds is 4. The van der Waals surface area contributed by atoms with Gasteiger partial charge in [0, 0.05) is 24.2 Å². The maximum Gasteiger partial charge on any atom is 0.130 e. The van der Waals surface area contributed by atoms with Gasteiger partial charge in [-0.25, -0.2) is 8.78 Å². The standard InChI is InChI=1S/C15H21F2N/c1-10(2)11-4-6-14(7-11)18-9-12-3-5-13(16)8-15(12)17/h3,5,8,10-11,14,18H,4,6-7,9H2,1-2H3/t11-,14?/m1/s1. The maximum absolute atomic E-state index is 13.4. The molecule has 2 rings (SSSR count). The Morgan fingerprint density at radius 2 is 2.06 bits per heavy atom. The van der Waals surface area contributed by atoms with Crippen molar-refractivity contribution in [3.63, 3.8) is 0 Å². The zero-order valence-electron chi connectivity index (χ0n) is 11.0. The number of benzene rings is 1. The Balaban J connectivity index is 1.85. The summed E-state index contributed by atoms with van der Waals surface area (Å²) in [5, 5.41) is 3.38. The van der Waals surface area contributed by atoms with Gasteiger partial charge in [0.05, 0.1) is 0 Å². The van der Waals surface area contributed by atoms with Gasteiger partial charge in [-0.15, -0.1) is 0 Å². The zero-order valence-corrected chi connectivity index (χ0v) is 11.0. The molecule has 1 aromatic rings. The van der Waals surface area contributed by atoms with E-state index in [2.05, 4.69) is 19.2 Å². The summed E-state index contributed by atoms with van der Waals surface area (Å²) >= 11 is 0. The third-order valence-electron chi connectivity index (χ3n) is 4.01. The molecule has 1 aromatic carbocycles. The van der Waals surface area contributed by atoms with Crippen LogP contribution in [-0.4, -0.2) is 6.04 Å². The molecule has 1 saturated carbocycles. The lowest BCUT2D eigenvalue weighted by Gasteiger charge is -2.16. The van der Waals surface area contributed by atoms with Gasteiger partial charge in [-0.05, 0) is 37.2 Å². The van der Waals surface area contributed by atoms with Crippen LogP contribution in [0.3, 0.4) is 0 Å². The molecule has 2 atom stereocenters. The van der Waals surface area contributed by atoms with E-state index in [9.17, 15) is 8.78 Å². The monoisotopic (exact) mass is 253 g/mol. The van der Waals surface area contributed by atoms with Gasteiger partial charge in [0.1, 0.15) is 11.6 Å². The van der Waals surface area contributed by atoms with Crippen LogP contribution in [0.2, 0.25) is 0 Å². The molecule has 1 aliphatic rings. The van der Waals surface area contributed by atoms with Gasteiger partial charge in [0.2, 0.25) is 0 Å². The smallest absolute Gasteiger partial charge is 0.130 e. The van der Waals surface area contributed by atoms with Crippen LogP contribution in [0.5, 0.6) is 0 Å². The van der Waals surface area contributed by atoms with Crippen molar-refractivity contribution in [2.45, 2.75) is 45.7 Å². The van der Waals surface area contributed by atoms with Crippen LogP contribution in [-0.2, 0) is 6.54 Å². The highest BCUT2D eigenvalue weighted by atomic mass is 19.1. The Labute approximate surface area is 108 Å². The van der Waals surface area contributed by atoms with Gasteiger partial charge < -0.3 is 5.32 Å². The van der Waals surface area contributed by atoms with Crippen LogP contribution in [0.15, 0.2) is 18.2 Å². The number of nitrogens with one attached hydrogen (secondary N) is 1. The molecule has 1 fully saturated rings. The van der Waals surface area contributed by atoms with Crippen molar-refractivity contribution in [3.8, 4) is 0 Å². The first-order valence-corrected chi connectivity index (χ1v) is 6.73. The van der Waals surface area contributed by atoms with Crippen LogP contribution in [0.25, 0.3) is 0 Å². The van der Waals surface area contributed by atoms with Crippen molar-refractivity contribution in [2.24, 2.45) is 11.8 Å². The Bertz CT molecular complexity index is 403. The van der Waals surface area contributed by atoms with Gasteiger partial charge in [0.25, 0.3) is 0 Å². The van der Waals surface area contributed by atoms with Crippen LogP contribution in [0.1, 0.15) is 38.7 Å². The highest BCUT2D eigenvalue weighted by molar-refractivity contribution is 5.18. The quantitative estimate of drug-likeness (QED) is 0.858. The number of halogens is 2. The lowest BCUT2D eigenvalue weighted by atomic mass is 9.94.